The van der Waals surface area contributed by atoms with Gasteiger partial charge in [0.25, 0.3) is 0 Å². The summed E-state index contributed by atoms with van der Waals surface area (Å²) in [6, 6.07) is 21.2. The molecule has 0 heterocycles. The summed E-state index contributed by atoms with van der Waals surface area (Å²) in [5.74, 6) is 0. The fraction of sp³-hybridized carbons (Fsp3) is 0.176. The van der Waals surface area contributed by atoms with Gasteiger partial charge in [0.15, 0.2) is 0 Å². The quantitative estimate of drug-likeness (QED) is 0.545. The number of quaternary nitrogens is 1. The molecular formula is C17H20N+. The Hall–Kier alpha value is -1.86. The van der Waals surface area contributed by atoms with Crippen molar-refractivity contribution in [2.45, 2.75) is 6.54 Å². The largest absolute Gasteiger partial charge is 0.287 e. The fourth-order valence-corrected chi connectivity index (χ4v) is 2.32. The van der Waals surface area contributed by atoms with E-state index in [2.05, 4.69) is 74.3 Å². The summed E-state index contributed by atoms with van der Waals surface area (Å²) in [7, 11) is 2.25. The highest BCUT2D eigenvalue weighted by Crippen LogP contribution is 2.23. The maximum Gasteiger partial charge on any atom is 0.133 e. The standard InChI is InChI=1S/C17H20N/c1-3-14-18(2,17-12-8-5-9-13-17)15-16-10-6-4-7-11-16/h3-13H,1,14-15H2,2H3/q+1. The predicted octanol–water partition coefficient (Wildman–Crippen LogP) is 4.01. The Morgan fingerprint density at radius 3 is 2.06 bits per heavy atom. The molecule has 0 N–H and O–H groups in total. The molecule has 2 rings (SSSR count). The van der Waals surface area contributed by atoms with Crippen LogP contribution < -0.4 is 4.48 Å². The molecule has 92 valence electrons. The van der Waals surface area contributed by atoms with Gasteiger partial charge in [0, 0.05) is 5.56 Å². The van der Waals surface area contributed by atoms with Gasteiger partial charge in [-0.2, -0.15) is 0 Å². The second-order valence-corrected chi connectivity index (χ2v) is 4.85. The zero-order valence-corrected chi connectivity index (χ0v) is 10.9. The first-order valence-corrected chi connectivity index (χ1v) is 6.29. The van der Waals surface area contributed by atoms with Crippen LogP contribution in [0.5, 0.6) is 0 Å². The van der Waals surface area contributed by atoms with Gasteiger partial charge in [0.1, 0.15) is 18.8 Å². The molecule has 1 atom stereocenters. The molecule has 0 aromatic heterocycles. The van der Waals surface area contributed by atoms with Crippen LogP contribution in [0.3, 0.4) is 0 Å². The molecule has 2 aromatic rings. The Kier molecular flexibility index (Phi) is 3.96. The first-order chi connectivity index (χ1) is 8.74. The Morgan fingerprint density at radius 1 is 0.944 bits per heavy atom. The van der Waals surface area contributed by atoms with Crippen molar-refractivity contribution in [3.8, 4) is 0 Å². The molecule has 0 saturated heterocycles. The zero-order chi connectivity index (χ0) is 12.8. The van der Waals surface area contributed by atoms with Crippen molar-refractivity contribution < 1.29 is 0 Å². The van der Waals surface area contributed by atoms with Crippen LogP contribution in [0.4, 0.5) is 5.69 Å². The minimum absolute atomic E-state index is 0.856. The van der Waals surface area contributed by atoms with Crippen LogP contribution in [0.2, 0.25) is 0 Å². The highest BCUT2D eigenvalue weighted by Gasteiger charge is 2.23. The number of rotatable bonds is 5. The molecule has 1 heteroatoms. The van der Waals surface area contributed by atoms with Crippen molar-refractivity contribution >= 4 is 5.69 Å². The maximum atomic E-state index is 3.90. The van der Waals surface area contributed by atoms with Crippen molar-refractivity contribution in [3.05, 3.63) is 78.9 Å². The van der Waals surface area contributed by atoms with Gasteiger partial charge in [-0.25, -0.2) is 0 Å². The summed E-state index contributed by atoms with van der Waals surface area (Å²) in [6.45, 7) is 5.81. The van der Waals surface area contributed by atoms with Crippen molar-refractivity contribution in [2.24, 2.45) is 0 Å². The SMILES string of the molecule is C=CC[N+](C)(Cc1ccccc1)c1ccccc1. The number of benzene rings is 2. The maximum absolute atomic E-state index is 3.90. The summed E-state index contributed by atoms with van der Waals surface area (Å²) in [5.41, 5.74) is 2.67. The minimum atomic E-state index is 0.856. The normalized spacial score (nSPS) is 13.8. The molecule has 1 unspecified atom stereocenters. The van der Waals surface area contributed by atoms with Gasteiger partial charge < -0.3 is 0 Å². The van der Waals surface area contributed by atoms with Gasteiger partial charge in [0.2, 0.25) is 0 Å². The third kappa shape index (κ3) is 2.88. The second kappa shape index (κ2) is 5.65. The van der Waals surface area contributed by atoms with Crippen LogP contribution in [0.15, 0.2) is 73.3 Å². The molecule has 0 aliphatic carbocycles. The van der Waals surface area contributed by atoms with Crippen molar-refractivity contribution in [1.82, 2.24) is 4.48 Å². The molecule has 0 saturated carbocycles. The van der Waals surface area contributed by atoms with E-state index in [9.17, 15) is 0 Å². The Balaban J connectivity index is 2.30. The fourth-order valence-electron chi connectivity index (χ4n) is 2.32. The van der Waals surface area contributed by atoms with Crippen molar-refractivity contribution in [2.75, 3.05) is 13.6 Å². The Labute approximate surface area is 110 Å². The topological polar surface area (TPSA) is 0 Å². The minimum Gasteiger partial charge on any atom is -0.287 e. The third-order valence-electron chi connectivity index (χ3n) is 3.29. The average Bonchev–Trinajstić information content (AvgIpc) is 2.41. The van der Waals surface area contributed by atoms with Gasteiger partial charge in [-0.1, -0.05) is 55.1 Å². The molecule has 1 nitrogen and oxygen atoms in total. The van der Waals surface area contributed by atoms with E-state index in [1.54, 1.807) is 0 Å². The highest BCUT2D eigenvalue weighted by molar-refractivity contribution is 5.43. The number of nitrogens with zero attached hydrogens (tertiary/aromatic N) is 1. The van der Waals surface area contributed by atoms with E-state index in [0.29, 0.717) is 0 Å². The van der Waals surface area contributed by atoms with E-state index in [4.69, 9.17) is 0 Å². The monoisotopic (exact) mass is 238 g/mol. The summed E-state index contributed by atoms with van der Waals surface area (Å²) >= 11 is 0. The van der Waals surface area contributed by atoms with Gasteiger partial charge in [-0.05, 0) is 18.2 Å². The van der Waals surface area contributed by atoms with Crippen LogP contribution in [-0.2, 0) is 6.54 Å². The summed E-state index contributed by atoms with van der Waals surface area (Å²) in [4.78, 5) is 0. The van der Waals surface area contributed by atoms with E-state index in [1.165, 1.54) is 11.3 Å². The molecule has 0 amide bonds. The van der Waals surface area contributed by atoms with E-state index < -0.39 is 0 Å². The molecular weight excluding hydrogens is 218 g/mol. The van der Waals surface area contributed by atoms with Crippen LogP contribution in [0.25, 0.3) is 0 Å². The first kappa shape index (κ1) is 12.6. The molecule has 0 fully saturated rings. The Morgan fingerprint density at radius 2 is 1.50 bits per heavy atom. The lowest BCUT2D eigenvalue weighted by atomic mass is 10.1. The first-order valence-electron chi connectivity index (χ1n) is 6.29. The lowest BCUT2D eigenvalue weighted by Crippen LogP contribution is -2.44. The molecule has 0 aliphatic rings. The molecule has 0 radical (unpaired) electrons. The zero-order valence-electron chi connectivity index (χ0n) is 10.9. The number of hydrogen-bond acceptors (Lipinski definition) is 0. The Bertz CT molecular complexity index is 490. The van der Waals surface area contributed by atoms with Gasteiger partial charge in [0.05, 0.1) is 7.05 Å². The van der Waals surface area contributed by atoms with Crippen LogP contribution in [0.1, 0.15) is 5.56 Å². The number of para-hydroxylation sites is 1. The third-order valence-corrected chi connectivity index (χ3v) is 3.29. The predicted molar refractivity (Wildman–Crippen MR) is 79.4 cm³/mol. The molecule has 0 spiro atoms. The van der Waals surface area contributed by atoms with E-state index in [-0.39, 0.29) is 0 Å². The van der Waals surface area contributed by atoms with E-state index in [0.717, 1.165) is 17.6 Å². The highest BCUT2D eigenvalue weighted by atomic mass is 15.3. The van der Waals surface area contributed by atoms with E-state index in [1.807, 2.05) is 6.08 Å². The van der Waals surface area contributed by atoms with Crippen LogP contribution in [0, 0.1) is 0 Å². The number of likely N-dealkylation sites (N-methyl/N-ethyl adjacent to an activating group) is 1. The summed E-state index contributed by atoms with van der Waals surface area (Å²) < 4.78 is 0.856. The van der Waals surface area contributed by atoms with Gasteiger partial charge >= 0.3 is 0 Å². The van der Waals surface area contributed by atoms with Gasteiger partial charge in [-0.15, -0.1) is 0 Å². The molecule has 0 aliphatic heterocycles. The van der Waals surface area contributed by atoms with Crippen molar-refractivity contribution in [1.29, 1.82) is 0 Å². The number of hydrogen-bond donors (Lipinski definition) is 0. The average molecular weight is 238 g/mol. The lowest BCUT2D eigenvalue weighted by Gasteiger charge is -2.33. The van der Waals surface area contributed by atoms with E-state index >= 15 is 0 Å². The van der Waals surface area contributed by atoms with Crippen molar-refractivity contribution in [3.63, 3.8) is 0 Å². The molecule has 18 heavy (non-hydrogen) atoms. The molecule has 2 aromatic carbocycles. The van der Waals surface area contributed by atoms with Crippen LogP contribution >= 0.6 is 0 Å². The second-order valence-electron chi connectivity index (χ2n) is 4.85. The summed E-state index contributed by atoms with van der Waals surface area (Å²) in [6.07, 6.45) is 2.00. The molecule has 0 bridgehead atoms. The lowest BCUT2D eigenvalue weighted by molar-refractivity contribution is 0.356. The summed E-state index contributed by atoms with van der Waals surface area (Å²) in [5, 5.41) is 0. The smallest absolute Gasteiger partial charge is 0.133 e. The van der Waals surface area contributed by atoms with Crippen LogP contribution in [-0.4, -0.2) is 13.6 Å². The van der Waals surface area contributed by atoms with Gasteiger partial charge in [-0.3, -0.25) is 4.48 Å².